The summed E-state index contributed by atoms with van der Waals surface area (Å²) in [7, 11) is 0. The van der Waals surface area contributed by atoms with Crippen LogP contribution in [-0.2, 0) is 0 Å². The highest BCUT2D eigenvalue weighted by atomic mass is 79.9. The van der Waals surface area contributed by atoms with Crippen LogP contribution in [0.25, 0.3) is 0 Å². The Morgan fingerprint density at radius 3 is 2.24 bits per heavy atom. The van der Waals surface area contributed by atoms with E-state index in [-0.39, 0.29) is 11.4 Å². The van der Waals surface area contributed by atoms with Gasteiger partial charge in [0.25, 0.3) is 5.91 Å². The molecule has 0 unspecified atom stereocenters. The van der Waals surface area contributed by atoms with Crippen LogP contribution in [-0.4, -0.2) is 29.4 Å². The van der Waals surface area contributed by atoms with Gasteiger partial charge in [-0.2, -0.15) is 0 Å². The van der Waals surface area contributed by atoms with Gasteiger partial charge in [-0.3, -0.25) is 4.79 Å². The van der Waals surface area contributed by atoms with Crippen molar-refractivity contribution in [2.75, 3.05) is 13.1 Å². The maximum atomic E-state index is 12.3. The molecule has 0 aliphatic rings. The van der Waals surface area contributed by atoms with Crippen molar-refractivity contribution in [3.8, 4) is 0 Å². The molecule has 0 heterocycles. The Kier molecular flexibility index (Phi) is 4.71. The first-order valence-corrected chi connectivity index (χ1v) is 6.43. The second-order valence-corrected chi connectivity index (χ2v) is 5.84. The van der Waals surface area contributed by atoms with Crippen LogP contribution in [0.5, 0.6) is 0 Å². The molecule has 1 aromatic rings. The average Bonchev–Trinajstić information content (AvgIpc) is 2.24. The van der Waals surface area contributed by atoms with Crippen molar-refractivity contribution >= 4 is 21.8 Å². The van der Waals surface area contributed by atoms with Crippen molar-refractivity contribution in [1.29, 1.82) is 0 Å². The van der Waals surface area contributed by atoms with Gasteiger partial charge < -0.3 is 10.6 Å². The average molecular weight is 299 g/mol. The van der Waals surface area contributed by atoms with Crippen molar-refractivity contribution < 1.29 is 4.79 Å². The lowest BCUT2D eigenvalue weighted by molar-refractivity contribution is 0.0591. The van der Waals surface area contributed by atoms with Crippen molar-refractivity contribution in [3.05, 3.63) is 34.3 Å². The number of benzene rings is 1. The van der Waals surface area contributed by atoms with Crippen LogP contribution >= 0.6 is 15.9 Å². The smallest absolute Gasteiger partial charge is 0.254 e. The van der Waals surface area contributed by atoms with Crippen LogP contribution in [0.2, 0.25) is 0 Å². The molecule has 0 fully saturated rings. The largest absolute Gasteiger partial charge is 0.333 e. The lowest BCUT2D eigenvalue weighted by Crippen LogP contribution is -2.47. The van der Waals surface area contributed by atoms with Gasteiger partial charge in [0.2, 0.25) is 0 Å². The van der Waals surface area contributed by atoms with Crippen LogP contribution < -0.4 is 5.73 Å². The molecule has 1 rings (SSSR count). The molecule has 1 aromatic carbocycles. The second-order valence-electron chi connectivity index (χ2n) is 4.92. The zero-order chi connectivity index (χ0) is 13.1. The van der Waals surface area contributed by atoms with Crippen molar-refractivity contribution in [1.82, 2.24) is 4.90 Å². The zero-order valence-electron chi connectivity index (χ0n) is 10.5. The first kappa shape index (κ1) is 14.2. The van der Waals surface area contributed by atoms with Gasteiger partial charge in [-0.15, -0.1) is 0 Å². The van der Waals surface area contributed by atoms with E-state index in [1.54, 1.807) is 4.90 Å². The Bertz CT molecular complexity index is 381. The maximum absolute atomic E-state index is 12.3. The summed E-state index contributed by atoms with van der Waals surface area (Å²) in [5, 5.41) is 0. The van der Waals surface area contributed by atoms with Crippen LogP contribution in [0.1, 0.15) is 31.1 Å². The molecule has 0 saturated heterocycles. The Labute approximate surface area is 111 Å². The van der Waals surface area contributed by atoms with Crippen molar-refractivity contribution in [3.63, 3.8) is 0 Å². The topological polar surface area (TPSA) is 46.3 Å². The lowest BCUT2D eigenvalue weighted by Gasteiger charge is -2.35. The molecule has 0 bridgehead atoms. The van der Waals surface area contributed by atoms with Crippen LogP contribution in [0, 0.1) is 0 Å². The van der Waals surface area contributed by atoms with Crippen LogP contribution in [0.15, 0.2) is 28.7 Å². The van der Waals surface area contributed by atoms with Crippen LogP contribution in [0.3, 0.4) is 0 Å². The van der Waals surface area contributed by atoms with E-state index in [4.69, 9.17) is 5.73 Å². The molecular formula is C13H19BrN2O. The highest BCUT2D eigenvalue weighted by molar-refractivity contribution is 9.10. The molecule has 0 atom stereocenters. The summed E-state index contributed by atoms with van der Waals surface area (Å²) in [6.07, 6.45) is 0. The molecule has 0 saturated carbocycles. The van der Waals surface area contributed by atoms with E-state index in [1.165, 1.54) is 0 Å². The summed E-state index contributed by atoms with van der Waals surface area (Å²) in [6.45, 7) is 7.08. The SMILES string of the molecule is CC(C)(C)N(CCN)C(=O)c1ccc(Br)cc1. The quantitative estimate of drug-likeness (QED) is 0.932. The number of nitrogens with two attached hydrogens (primary N) is 1. The Morgan fingerprint density at radius 2 is 1.82 bits per heavy atom. The lowest BCUT2D eigenvalue weighted by atomic mass is 10.0. The first-order valence-electron chi connectivity index (χ1n) is 5.64. The Hall–Kier alpha value is -0.870. The van der Waals surface area contributed by atoms with Gasteiger partial charge in [-0.1, -0.05) is 15.9 Å². The molecule has 0 aliphatic heterocycles. The van der Waals surface area contributed by atoms with Crippen LogP contribution in [0.4, 0.5) is 0 Å². The molecular weight excluding hydrogens is 280 g/mol. The van der Waals surface area contributed by atoms with E-state index in [1.807, 2.05) is 45.0 Å². The number of carbonyl (C=O) groups is 1. The van der Waals surface area contributed by atoms with E-state index in [0.29, 0.717) is 18.7 Å². The van der Waals surface area contributed by atoms with E-state index in [2.05, 4.69) is 15.9 Å². The number of carbonyl (C=O) groups excluding carboxylic acids is 1. The first-order chi connectivity index (χ1) is 7.86. The molecule has 1 amide bonds. The van der Waals surface area contributed by atoms with E-state index < -0.39 is 0 Å². The molecule has 0 aromatic heterocycles. The number of nitrogens with zero attached hydrogens (tertiary/aromatic N) is 1. The standard InChI is InChI=1S/C13H19BrN2O/c1-13(2,3)16(9-8-15)12(17)10-4-6-11(14)7-5-10/h4-7H,8-9,15H2,1-3H3. The van der Waals surface area contributed by atoms with Gasteiger partial charge >= 0.3 is 0 Å². The summed E-state index contributed by atoms with van der Waals surface area (Å²) < 4.78 is 0.968. The summed E-state index contributed by atoms with van der Waals surface area (Å²) in [5.74, 6) is 0.0236. The fraction of sp³-hybridized carbons (Fsp3) is 0.462. The Morgan fingerprint density at radius 1 is 1.29 bits per heavy atom. The fourth-order valence-electron chi connectivity index (χ4n) is 1.62. The van der Waals surface area contributed by atoms with Gasteiger partial charge in [0.05, 0.1) is 0 Å². The third-order valence-electron chi connectivity index (χ3n) is 2.50. The molecule has 3 nitrogen and oxygen atoms in total. The van der Waals surface area contributed by atoms with Gasteiger partial charge in [0.15, 0.2) is 0 Å². The maximum Gasteiger partial charge on any atom is 0.254 e. The van der Waals surface area contributed by atoms with Crippen molar-refractivity contribution in [2.24, 2.45) is 5.73 Å². The minimum absolute atomic E-state index is 0.0236. The minimum Gasteiger partial charge on any atom is -0.333 e. The minimum atomic E-state index is -0.219. The summed E-state index contributed by atoms with van der Waals surface area (Å²) in [6, 6.07) is 7.39. The third kappa shape index (κ3) is 3.82. The molecule has 4 heteroatoms. The highest BCUT2D eigenvalue weighted by Crippen LogP contribution is 2.18. The van der Waals surface area contributed by atoms with Gasteiger partial charge in [-0.05, 0) is 45.0 Å². The van der Waals surface area contributed by atoms with E-state index in [9.17, 15) is 4.79 Å². The van der Waals surface area contributed by atoms with Gasteiger partial charge in [0, 0.05) is 28.7 Å². The molecule has 0 radical (unpaired) electrons. The number of hydrogen-bond donors (Lipinski definition) is 1. The second kappa shape index (κ2) is 5.65. The number of rotatable bonds is 3. The normalized spacial score (nSPS) is 11.4. The third-order valence-corrected chi connectivity index (χ3v) is 3.03. The highest BCUT2D eigenvalue weighted by Gasteiger charge is 2.26. The predicted octanol–water partition coefficient (Wildman–Crippen LogP) is 2.65. The Balaban J connectivity index is 2.96. The molecule has 0 spiro atoms. The van der Waals surface area contributed by atoms with Crippen molar-refractivity contribution in [2.45, 2.75) is 26.3 Å². The van der Waals surface area contributed by atoms with Gasteiger partial charge in [0.1, 0.15) is 0 Å². The zero-order valence-corrected chi connectivity index (χ0v) is 12.1. The number of amides is 1. The fourth-order valence-corrected chi connectivity index (χ4v) is 1.88. The predicted molar refractivity (Wildman–Crippen MR) is 74.0 cm³/mol. The van der Waals surface area contributed by atoms with E-state index >= 15 is 0 Å². The van der Waals surface area contributed by atoms with Gasteiger partial charge in [-0.25, -0.2) is 0 Å². The molecule has 0 aliphatic carbocycles. The molecule has 17 heavy (non-hydrogen) atoms. The number of hydrogen-bond acceptors (Lipinski definition) is 2. The summed E-state index contributed by atoms with van der Waals surface area (Å²) in [4.78, 5) is 14.1. The monoisotopic (exact) mass is 298 g/mol. The summed E-state index contributed by atoms with van der Waals surface area (Å²) in [5.41, 5.74) is 6.04. The molecule has 2 N–H and O–H groups in total. The molecule has 94 valence electrons. The number of halogens is 1. The van der Waals surface area contributed by atoms with E-state index in [0.717, 1.165) is 4.47 Å². The summed E-state index contributed by atoms with van der Waals surface area (Å²) >= 11 is 3.36.